The first-order chi connectivity index (χ1) is 12.2. The van der Waals surface area contributed by atoms with Crippen molar-refractivity contribution in [3.8, 4) is 0 Å². The topological polar surface area (TPSA) is 43.1 Å². The van der Waals surface area contributed by atoms with E-state index in [9.17, 15) is 4.79 Å². The Morgan fingerprint density at radius 2 is 1.48 bits per heavy atom. The number of hydrogen-bond acceptors (Lipinski definition) is 2. The van der Waals surface area contributed by atoms with E-state index in [1.807, 2.05) is 42.5 Å². The molecule has 0 radical (unpaired) electrons. The van der Waals surface area contributed by atoms with Gasteiger partial charge in [-0.25, -0.2) is 0 Å². The summed E-state index contributed by atoms with van der Waals surface area (Å²) in [5.41, 5.74) is 9.13. The Kier molecular flexibility index (Phi) is 8.24. The average molecular weight is 338 g/mol. The molecule has 0 atom stereocenters. The Hall–Kier alpha value is -2.09. The minimum Gasteiger partial charge on any atom is -0.398 e. The van der Waals surface area contributed by atoms with E-state index in [-0.39, 0.29) is 5.78 Å². The van der Waals surface area contributed by atoms with Crippen LogP contribution in [0.15, 0.2) is 48.5 Å². The van der Waals surface area contributed by atoms with E-state index in [0.717, 1.165) is 6.42 Å². The zero-order valence-corrected chi connectivity index (χ0v) is 15.5. The Labute approximate surface area is 152 Å². The van der Waals surface area contributed by atoms with E-state index in [4.69, 9.17) is 5.73 Å². The fraction of sp³-hybridized carbons (Fsp3) is 0.435. The maximum Gasteiger partial charge on any atom is 0.195 e. The van der Waals surface area contributed by atoms with Gasteiger partial charge in [-0.15, -0.1) is 0 Å². The molecule has 0 aliphatic carbocycles. The number of benzene rings is 2. The molecule has 2 aromatic carbocycles. The van der Waals surface area contributed by atoms with Crippen molar-refractivity contribution in [1.82, 2.24) is 0 Å². The second kappa shape index (κ2) is 10.7. The third-order valence-electron chi connectivity index (χ3n) is 4.72. The van der Waals surface area contributed by atoms with Crippen molar-refractivity contribution < 1.29 is 4.79 Å². The van der Waals surface area contributed by atoms with Crippen LogP contribution in [-0.2, 0) is 6.42 Å². The summed E-state index contributed by atoms with van der Waals surface area (Å²) in [5.74, 6) is 0.0101. The summed E-state index contributed by atoms with van der Waals surface area (Å²) in [5, 5.41) is 0. The van der Waals surface area contributed by atoms with E-state index in [1.165, 1.54) is 56.9 Å². The molecule has 25 heavy (non-hydrogen) atoms. The SMILES string of the molecule is CCCCCCCCCCc1ccc(N)c(C(=O)c2ccccc2)c1. The minimum atomic E-state index is 0.0101. The highest BCUT2D eigenvalue weighted by Crippen LogP contribution is 2.20. The van der Waals surface area contributed by atoms with Crippen LogP contribution in [-0.4, -0.2) is 5.78 Å². The van der Waals surface area contributed by atoms with Gasteiger partial charge in [0.15, 0.2) is 5.78 Å². The van der Waals surface area contributed by atoms with Crippen LogP contribution in [0, 0.1) is 0 Å². The fourth-order valence-electron chi connectivity index (χ4n) is 3.16. The number of aryl methyl sites for hydroxylation is 1. The van der Waals surface area contributed by atoms with Crippen LogP contribution < -0.4 is 5.73 Å². The predicted molar refractivity (Wildman–Crippen MR) is 107 cm³/mol. The maximum absolute atomic E-state index is 12.6. The van der Waals surface area contributed by atoms with Crippen LogP contribution in [0.5, 0.6) is 0 Å². The normalized spacial score (nSPS) is 10.8. The molecule has 2 rings (SSSR count). The van der Waals surface area contributed by atoms with Gasteiger partial charge in [-0.05, 0) is 30.5 Å². The van der Waals surface area contributed by atoms with Gasteiger partial charge in [0.1, 0.15) is 0 Å². The zero-order valence-electron chi connectivity index (χ0n) is 15.5. The van der Waals surface area contributed by atoms with Crippen molar-refractivity contribution >= 4 is 11.5 Å². The van der Waals surface area contributed by atoms with Crippen LogP contribution in [0.3, 0.4) is 0 Å². The minimum absolute atomic E-state index is 0.0101. The van der Waals surface area contributed by atoms with Gasteiger partial charge in [0, 0.05) is 16.8 Å². The van der Waals surface area contributed by atoms with Crippen molar-refractivity contribution in [2.75, 3.05) is 5.73 Å². The first kappa shape index (κ1) is 19.2. The molecule has 0 heterocycles. The van der Waals surface area contributed by atoms with Gasteiger partial charge in [-0.1, -0.05) is 88.3 Å². The lowest BCUT2D eigenvalue weighted by atomic mass is 9.97. The van der Waals surface area contributed by atoms with Crippen molar-refractivity contribution in [2.24, 2.45) is 0 Å². The highest BCUT2D eigenvalue weighted by Gasteiger charge is 2.12. The molecular formula is C23H31NO. The highest BCUT2D eigenvalue weighted by molar-refractivity contribution is 6.12. The predicted octanol–water partition coefficient (Wildman–Crippen LogP) is 6.18. The molecule has 2 heteroatoms. The number of nitrogens with two attached hydrogens (primary N) is 1. The highest BCUT2D eigenvalue weighted by atomic mass is 16.1. The summed E-state index contributed by atoms with van der Waals surface area (Å²) < 4.78 is 0. The molecule has 0 aliphatic heterocycles. The molecule has 2 aromatic rings. The quantitative estimate of drug-likeness (QED) is 0.302. The number of rotatable bonds is 11. The summed E-state index contributed by atoms with van der Waals surface area (Å²) in [4.78, 5) is 12.6. The van der Waals surface area contributed by atoms with Gasteiger partial charge in [0.25, 0.3) is 0 Å². The second-order valence-corrected chi connectivity index (χ2v) is 6.84. The molecule has 0 spiro atoms. The zero-order chi connectivity index (χ0) is 17.9. The molecule has 0 saturated carbocycles. The molecule has 2 nitrogen and oxygen atoms in total. The Bertz CT molecular complexity index is 648. The van der Waals surface area contributed by atoms with E-state index in [2.05, 4.69) is 13.0 Å². The van der Waals surface area contributed by atoms with E-state index in [1.54, 1.807) is 0 Å². The first-order valence-electron chi connectivity index (χ1n) is 9.70. The average Bonchev–Trinajstić information content (AvgIpc) is 2.65. The van der Waals surface area contributed by atoms with Crippen molar-refractivity contribution in [2.45, 2.75) is 64.7 Å². The molecule has 0 fully saturated rings. The lowest BCUT2D eigenvalue weighted by molar-refractivity contribution is 0.103. The number of unbranched alkanes of at least 4 members (excludes halogenated alkanes) is 7. The third-order valence-corrected chi connectivity index (χ3v) is 4.72. The van der Waals surface area contributed by atoms with Crippen molar-refractivity contribution in [3.63, 3.8) is 0 Å². The summed E-state index contributed by atoms with van der Waals surface area (Å²) in [7, 11) is 0. The number of ketones is 1. The molecule has 2 N–H and O–H groups in total. The summed E-state index contributed by atoms with van der Waals surface area (Å²) >= 11 is 0. The van der Waals surface area contributed by atoms with E-state index in [0.29, 0.717) is 16.8 Å². The Morgan fingerprint density at radius 1 is 0.840 bits per heavy atom. The monoisotopic (exact) mass is 337 g/mol. The number of hydrogen-bond donors (Lipinski definition) is 1. The number of carbonyl (C=O) groups excluding carboxylic acids is 1. The van der Waals surface area contributed by atoms with Crippen LogP contribution in [0.1, 0.15) is 79.8 Å². The van der Waals surface area contributed by atoms with Gasteiger partial charge < -0.3 is 5.73 Å². The lowest BCUT2D eigenvalue weighted by Gasteiger charge is -2.08. The second-order valence-electron chi connectivity index (χ2n) is 6.84. The number of anilines is 1. The largest absolute Gasteiger partial charge is 0.398 e. The fourth-order valence-corrected chi connectivity index (χ4v) is 3.16. The van der Waals surface area contributed by atoms with Crippen LogP contribution in [0.2, 0.25) is 0 Å². The molecule has 0 unspecified atom stereocenters. The van der Waals surface area contributed by atoms with Crippen LogP contribution >= 0.6 is 0 Å². The Balaban J connectivity index is 1.84. The van der Waals surface area contributed by atoms with E-state index >= 15 is 0 Å². The van der Waals surface area contributed by atoms with Crippen LogP contribution in [0.4, 0.5) is 5.69 Å². The molecule has 134 valence electrons. The first-order valence-corrected chi connectivity index (χ1v) is 9.70. The van der Waals surface area contributed by atoms with Gasteiger partial charge in [0.2, 0.25) is 0 Å². The molecule has 0 aliphatic rings. The smallest absolute Gasteiger partial charge is 0.195 e. The maximum atomic E-state index is 12.6. The summed E-state index contributed by atoms with van der Waals surface area (Å²) in [6, 6.07) is 15.3. The number of nitrogen functional groups attached to an aromatic ring is 1. The molecule has 0 amide bonds. The summed E-state index contributed by atoms with van der Waals surface area (Å²) in [6.45, 7) is 2.25. The van der Waals surface area contributed by atoms with Crippen molar-refractivity contribution in [1.29, 1.82) is 0 Å². The van der Waals surface area contributed by atoms with Crippen LogP contribution in [0.25, 0.3) is 0 Å². The molecule has 0 saturated heterocycles. The van der Waals surface area contributed by atoms with Gasteiger partial charge in [0.05, 0.1) is 0 Å². The third kappa shape index (κ3) is 6.38. The van der Waals surface area contributed by atoms with Gasteiger partial charge in [-0.3, -0.25) is 4.79 Å². The van der Waals surface area contributed by atoms with E-state index < -0.39 is 0 Å². The Morgan fingerprint density at radius 3 is 2.16 bits per heavy atom. The standard InChI is InChI=1S/C23H31NO/c1-2-3-4-5-6-7-8-10-13-19-16-17-22(24)21(18-19)23(25)20-14-11-9-12-15-20/h9,11-12,14-18H,2-8,10,13,24H2,1H3. The molecular weight excluding hydrogens is 306 g/mol. The van der Waals surface area contributed by atoms with Gasteiger partial charge in [-0.2, -0.15) is 0 Å². The number of carbonyl (C=O) groups is 1. The van der Waals surface area contributed by atoms with Gasteiger partial charge >= 0.3 is 0 Å². The molecule has 0 aromatic heterocycles. The summed E-state index contributed by atoms with van der Waals surface area (Å²) in [6.07, 6.45) is 11.5. The van der Waals surface area contributed by atoms with Crippen molar-refractivity contribution in [3.05, 3.63) is 65.2 Å². The molecule has 0 bridgehead atoms. The lowest BCUT2D eigenvalue weighted by Crippen LogP contribution is -2.06.